The summed E-state index contributed by atoms with van der Waals surface area (Å²) in [7, 11) is 0. The highest BCUT2D eigenvalue weighted by atomic mass is 79.9. The van der Waals surface area contributed by atoms with Gasteiger partial charge in [-0.15, -0.1) is 0 Å². The van der Waals surface area contributed by atoms with E-state index in [9.17, 15) is 9.18 Å². The molecule has 132 valence electrons. The Hall–Kier alpha value is -1.92. The molecule has 0 fully saturated rings. The summed E-state index contributed by atoms with van der Waals surface area (Å²) in [6.45, 7) is 2.61. The summed E-state index contributed by atoms with van der Waals surface area (Å²) >= 11 is 3.50. The van der Waals surface area contributed by atoms with Crippen LogP contribution in [0.25, 0.3) is 0 Å². The van der Waals surface area contributed by atoms with E-state index >= 15 is 0 Å². The van der Waals surface area contributed by atoms with Gasteiger partial charge in [0.1, 0.15) is 11.6 Å². The molecule has 1 aliphatic heterocycles. The van der Waals surface area contributed by atoms with Crippen molar-refractivity contribution in [3.8, 4) is 5.75 Å². The Labute approximate surface area is 154 Å². The minimum atomic E-state index is -0.447. The predicted octanol–water partition coefficient (Wildman–Crippen LogP) is 3.77. The van der Waals surface area contributed by atoms with Gasteiger partial charge < -0.3 is 14.8 Å². The van der Waals surface area contributed by atoms with E-state index < -0.39 is 5.97 Å². The van der Waals surface area contributed by atoms with E-state index in [-0.39, 0.29) is 18.5 Å². The largest absolute Gasteiger partial charge is 0.482 e. The number of ether oxygens (including phenoxy) is 2. The maximum absolute atomic E-state index is 13.9. The summed E-state index contributed by atoms with van der Waals surface area (Å²) in [6, 6.07) is 10.2. The highest BCUT2D eigenvalue weighted by Gasteiger charge is 2.25. The molecule has 0 spiro atoms. The second kappa shape index (κ2) is 7.97. The van der Waals surface area contributed by atoms with Crippen LogP contribution >= 0.6 is 15.9 Å². The lowest BCUT2D eigenvalue weighted by Gasteiger charge is -2.29. The topological polar surface area (TPSA) is 47.6 Å². The third kappa shape index (κ3) is 4.19. The van der Waals surface area contributed by atoms with Gasteiger partial charge in [0.05, 0.1) is 12.6 Å². The molecule has 1 aliphatic rings. The van der Waals surface area contributed by atoms with Gasteiger partial charge in [-0.3, -0.25) is 0 Å². The fraction of sp³-hybridized carbons (Fsp3) is 0.316. The van der Waals surface area contributed by atoms with E-state index in [0.29, 0.717) is 17.9 Å². The Bertz CT molecular complexity index is 781. The summed E-state index contributed by atoms with van der Waals surface area (Å²) in [4.78, 5) is 11.6. The number of carbonyl (C=O) groups excluding carboxylic acids is 1. The molecular formula is C19H19BrFNO3. The summed E-state index contributed by atoms with van der Waals surface area (Å²) in [5, 5.41) is 3.42. The number of halogens is 2. The SMILES string of the molecule is CCOC(=O)COc1ccc(F)cc1C1NCCc2ccc(Br)cc21. The van der Waals surface area contributed by atoms with Crippen molar-refractivity contribution in [3.63, 3.8) is 0 Å². The molecule has 0 bridgehead atoms. The van der Waals surface area contributed by atoms with E-state index in [1.54, 1.807) is 13.0 Å². The third-order valence-electron chi connectivity index (χ3n) is 4.10. The predicted molar refractivity (Wildman–Crippen MR) is 96.2 cm³/mol. The molecule has 6 heteroatoms. The van der Waals surface area contributed by atoms with Gasteiger partial charge in [-0.1, -0.05) is 22.0 Å². The molecule has 2 aromatic rings. The van der Waals surface area contributed by atoms with Gasteiger partial charge >= 0.3 is 5.97 Å². The van der Waals surface area contributed by atoms with E-state index in [0.717, 1.165) is 23.0 Å². The molecular weight excluding hydrogens is 389 g/mol. The Morgan fingerprint density at radius 3 is 2.92 bits per heavy atom. The number of carbonyl (C=O) groups is 1. The number of hydrogen-bond donors (Lipinski definition) is 1. The lowest BCUT2D eigenvalue weighted by atomic mass is 9.89. The van der Waals surface area contributed by atoms with Crippen LogP contribution in [0.1, 0.15) is 29.7 Å². The molecule has 25 heavy (non-hydrogen) atoms. The lowest BCUT2D eigenvalue weighted by Crippen LogP contribution is -2.31. The standard InChI is InChI=1S/C19H19BrFNO3/c1-2-24-18(23)11-25-17-6-5-14(21)10-16(17)19-15-9-13(20)4-3-12(15)7-8-22-19/h3-6,9-10,19,22H,2,7-8,11H2,1H3. The van der Waals surface area contributed by atoms with Crippen molar-refractivity contribution in [2.75, 3.05) is 19.8 Å². The van der Waals surface area contributed by atoms with Crippen molar-refractivity contribution in [2.24, 2.45) is 0 Å². The number of benzene rings is 2. The molecule has 0 aliphatic carbocycles. The van der Waals surface area contributed by atoms with Crippen molar-refractivity contribution < 1.29 is 18.7 Å². The quantitative estimate of drug-likeness (QED) is 0.766. The molecule has 1 heterocycles. The molecule has 0 saturated carbocycles. The van der Waals surface area contributed by atoms with Crippen molar-refractivity contribution in [1.29, 1.82) is 0 Å². The molecule has 0 amide bonds. The van der Waals surface area contributed by atoms with Crippen molar-refractivity contribution >= 4 is 21.9 Å². The second-order valence-electron chi connectivity index (χ2n) is 5.76. The van der Waals surface area contributed by atoms with Crippen LogP contribution in [0, 0.1) is 5.82 Å². The first kappa shape index (κ1) is 17.9. The third-order valence-corrected chi connectivity index (χ3v) is 4.59. The smallest absolute Gasteiger partial charge is 0.344 e. The number of hydrogen-bond acceptors (Lipinski definition) is 4. The van der Waals surface area contributed by atoms with Crippen molar-refractivity contribution in [1.82, 2.24) is 5.32 Å². The van der Waals surface area contributed by atoms with Gasteiger partial charge in [-0.25, -0.2) is 9.18 Å². The molecule has 1 N–H and O–H groups in total. The molecule has 0 aromatic heterocycles. The fourth-order valence-corrected chi connectivity index (χ4v) is 3.40. The van der Waals surface area contributed by atoms with Gasteiger partial charge in [0.15, 0.2) is 6.61 Å². The van der Waals surface area contributed by atoms with Gasteiger partial charge in [0.2, 0.25) is 0 Å². The van der Waals surface area contributed by atoms with Crippen LogP contribution in [0.5, 0.6) is 5.75 Å². The maximum atomic E-state index is 13.9. The zero-order valence-corrected chi connectivity index (χ0v) is 15.4. The fourth-order valence-electron chi connectivity index (χ4n) is 3.02. The summed E-state index contributed by atoms with van der Waals surface area (Å²) in [5.41, 5.74) is 2.96. The van der Waals surface area contributed by atoms with Crippen LogP contribution < -0.4 is 10.1 Å². The lowest BCUT2D eigenvalue weighted by molar-refractivity contribution is -0.145. The zero-order chi connectivity index (χ0) is 17.8. The zero-order valence-electron chi connectivity index (χ0n) is 13.9. The van der Waals surface area contributed by atoms with E-state index in [2.05, 4.69) is 27.3 Å². The molecule has 3 rings (SSSR count). The average Bonchev–Trinajstić information content (AvgIpc) is 2.60. The molecule has 2 aromatic carbocycles. The van der Waals surface area contributed by atoms with E-state index in [4.69, 9.17) is 9.47 Å². The summed E-state index contributed by atoms with van der Waals surface area (Å²) < 4.78 is 25.4. The first-order valence-electron chi connectivity index (χ1n) is 8.18. The van der Waals surface area contributed by atoms with Crippen LogP contribution in [0.15, 0.2) is 40.9 Å². The Morgan fingerprint density at radius 1 is 1.28 bits per heavy atom. The number of esters is 1. The van der Waals surface area contributed by atoms with Crippen LogP contribution in [0.2, 0.25) is 0 Å². The first-order chi connectivity index (χ1) is 12.1. The van der Waals surface area contributed by atoms with Gasteiger partial charge in [0, 0.05) is 16.6 Å². The van der Waals surface area contributed by atoms with Crippen LogP contribution in [-0.2, 0) is 16.0 Å². The molecule has 1 unspecified atom stereocenters. The normalized spacial score (nSPS) is 16.2. The van der Waals surface area contributed by atoms with E-state index in [1.807, 2.05) is 12.1 Å². The average molecular weight is 408 g/mol. The highest BCUT2D eigenvalue weighted by molar-refractivity contribution is 9.10. The number of nitrogens with one attached hydrogen (secondary N) is 1. The van der Waals surface area contributed by atoms with Gasteiger partial charge in [-0.05, 0) is 54.8 Å². The molecule has 4 nitrogen and oxygen atoms in total. The monoisotopic (exact) mass is 407 g/mol. The van der Waals surface area contributed by atoms with E-state index in [1.165, 1.54) is 17.7 Å². The number of fused-ring (bicyclic) bond motifs is 1. The molecule has 0 radical (unpaired) electrons. The number of rotatable bonds is 5. The van der Waals surface area contributed by atoms with Gasteiger partial charge in [-0.2, -0.15) is 0 Å². The maximum Gasteiger partial charge on any atom is 0.344 e. The molecule has 1 atom stereocenters. The summed E-state index contributed by atoms with van der Waals surface area (Å²) in [6.07, 6.45) is 0.910. The minimum absolute atomic E-state index is 0.200. The van der Waals surface area contributed by atoms with Crippen molar-refractivity contribution in [3.05, 3.63) is 63.4 Å². The van der Waals surface area contributed by atoms with Crippen molar-refractivity contribution in [2.45, 2.75) is 19.4 Å². The van der Waals surface area contributed by atoms with Crippen LogP contribution in [0.3, 0.4) is 0 Å². The summed E-state index contributed by atoms with van der Waals surface area (Å²) in [5.74, 6) is -0.320. The first-order valence-corrected chi connectivity index (χ1v) is 8.97. The highest BCUT2D eigenvalue weighted by Crippen LogP contribution is 2.35. The van der Waals surface area contributed by atoms with Gasteiger partial charge in [0.25, 0.3) is 0 Å². The Kier molecular flexibility index (Phi) is 5.71. The Balaban J connectivity index is 1.93. The molecule has 0 saturated heterocycles. The van der Waals surface area contributed by atoms with Crippen LogP contribution in [0.4, 0.5) is 4.39 Å². The van der Waals surface area contributed by atoms with Crippen LogP contribution in [-0.4, -0.2) is 25.7 Å². The minimum Gasteiger partial charge on any atom is -0.482 e. The Morgan fingerprint density at radius 2 is 2.12 bits per heavy atom. The second-order valence-corrected chi connectivity index (χ2v) is 6.67.